The Morgan fingerprint density at radius 2 is 2.05 bits per heavy atom. The van der Waals surface area contributed by atoms with Crippen LogP contribution in [0.2, 0.25) is 0 Å². The lowest BCUT2D eigenvalue weighted by molar-refractivity contribution is -0.387. The van der Waals surface area contributed by atoms with E-state index < -0.39 is 16.4 Å². The Balaban J connectivity index is 2.37. The second kappa shape index (κ2) is 5.01. The van der Waals surface area contributed by atoms with Gasteiger partial charge in [0.15, 0.2) is 0 Å². The summed E-state index contributed by atoms with van der Waals surface area (Å²) < 4.78 is 14.9. The summed E-state index contributed by atoms with van der Waals surface area (Å²) in [5, 5.41) is 10.5. The zero-order valence-electron chi connectivity index (χ0n) is 10.2. The van der Waals surface area contributed by atoms with E-state index in [4.69, 9.17) is 0 Å². The lowest BCUT2D eigenvalue weighted by atomic mass is 10.2. The molecule has 0 N–H and O–H groups in total. The molecular formula is C13H11FN2O3. The van der Waals surface area contributed by atoms with Crippen LogP contribution in [0.25, 0.3) is 0 Å². The average molecular weight is 262 g/mol. The number of aryl methyl sites for hydroxylation is 1. The Bertz CT molecular complexity index is 695. The van der Waals surface area contributed by atoms with E-state index in [1.165, 1.54) is 16.7 Å². The Morgan fingerprint density at radius 3 is 2.63 bits per heavy atom. The van der Waals surface area contributed by atoms with Gasteiger partial charge >= 0.3 is 5.69 Å². The molecule has 6 heteroatoms. The average Bonchev–Trinajstić information content (AvgIpc) is 2.33. The summed E-state index contributed by atoms with van der Waals surface area (Å²) in [6.45, 7) is 1.95. The van der Waals surface area contributed by atoms with Crippen molar-refractivity contribution in [1.82, 2.24) is 4.57 Å². The normalized spacial score (nSPS) is 10.4. The fourth-order valence-electron chi connectivity index (χ4n) is 1.81. The van der Waals surface area contributed by atoms with Crippen LogP contribution in [-0.2, 0) is 6.54 Å². The number of benzene rings is 1. The van der Waals surface area contributed by atoms with E-state index in [9.17, 15) is 19.3 Å². The van der Waals surface area contributed by atoms with Crippen molar-refractivity contribution in [2.75, 3.05) is 0 Å². The van der Waals surface area contributed by atoms with Gasteiger partial charge in [-0.25, -0.2) is 0 Å². The summed E-state index contributed by atoms with van der Waals surface area (Å²) in [4.78, 5) is 21.4. The monoisotopic (exact) mass is 262 g/mol. The zero-order chi connectivity index (χ0) is 14.0. The first kappa shape index (κ1) is 12.9. The van der Waals surface area contributed by atoms with Crippen molar-refractivity contribution < 1.29 is 9.31 Å². The van der Waals surface area contributed by atoms with E-state index in [1.54, 1.807) is 19.1 Å². The first-order valence-corrected chi connectivity index (χ1v) is 5.58. The number of hydrogen-bond donors (Lipinski definition) is 0. The Kier molecular flexibility index (Phi) is 3.41. The van der Waals surface area contributed by atoms with Gasteiger partial charge in [0.05, 0.1) is 11.5 Å². The fourth-order valence-corrected chi connectivity index (χ4v) is 1.81. The first-order chi connectivity index (χ1) is 8.99. The molecule has 1 aromatic carbocycles. The van der Waals surface area contributed by atoms with Gasteiger partial charge in [0.2, 0.25) is 5.82 Å². The van der Waals surface area contributed by atoms with Crippen LogP contribution < -0.4 is 5.56 Å². The molecule has 0 aliphatic rings. The maximum Gasteiger partial charge on any atom is 0.304 e. The van der Waals surface area contributed by atoms with Crippen LogP contribution in [-0.4, -0.2) is 9.49 Å². The molecule has 0 saturated carbocycles. The minimum atomic E-state index is -0.899. The highest BCUT2D eigenvalue weighted by Gasteiger charge is 2.14. The maximum absolute atomic E-state index is 13.5. The number of nitrogens with zero attached hydrogens (tertiary/aromatic N) is 2. The van der Waals surface area contributed by atoms with E-state index in [-0.39, 0.29) is 12.1 Å². The molecule has 1 heterocycles. The Morgan fingerprint density at radius 1 is 1.32 bits per heavy atom. The van der Waals surface area contributed by atoms with Gasteiger partial charge in [-0.15, -0.1) is 0 Å². The molecule has 0 unspecified atom stereocenters. The van der Waals surface area contributed by atoms with Crippen molar-refractivity contribution in [1.29, 1.82) is 0 Å². The van der Waals surface area contributed by atoms with Gasteiger partial charge in [-0.05, 0) is 24.6 Å². The summed E-state index contributed by atoms with van der Waals surface area (Å²) in [5.41, 5.74) is 0.477. The zero-order valence-corrected chi connectivity index (χ0v) is 10.2. The molecule has 1 aromatic heterocycles. The number of halogens is 1. The highest BCUT2D eigenvalue weighted by atomic mass is 19.1. The molecule has 0 amide bonds. The molecule has 5 nitrogen and oxygen atoms in total. The van der Waals surface area contributed by atoms with Crippen LogP contribution in [0.1, 0.15) is 11.3 Å². The molecule has 0 saturated heterocycles. The van der Waals surface area contributed by atoms with Gasteiger partial charge in [0.1, 0.15) is 0 Å². The minimum Gasteiger partial charge on any atom is -0.309 e. The lowest BCUT2D eigenvalue weighted by Crippen LogP contribution is -2.21. The largest absolute Gasteiger partial charge is 0.309 e. The second-order valence-electron chi connectivity index (χ2n) is 4.13. The van der Waals surface area contributed by atoms with Crippen molar-refractivity contribution in [3.8, 4) is 0 Å². The Hall–Kier alpha value is -2.50. The third-order valence-electron chi connectivity index (χ3n) is 2.82. The number of aromatic nitrogens is 1. The van der Waals surface area contributed by atoms with Gasteiger partial charge in [-0.2, -0.15) is 4.39 Å². The van der Waals surface area contributed by atoms with E-state index in [1.807, 2.05) is 0 Å². The predicted octanol–water partition coefficient (Wildman–Crippen LogP) is 2.25. The van der Waals surface area contributed by atoms with E-state index >= 15 is 0 Å². The van der Waals surface area contributed by atoms with E-state index in [0.717, 1.165) is 17.8 Å². The van der Waals surface area contributed by atoms with Crippen LogP contribution in [0.3, 0.4) is 0 Å². The molecule has 98 valence electrons. The van der Waals surface area contributed by atoms with Gasteiger partial charge in [-0.3, -0.25) is 14.9 Å². The lowest BCUT2D eigenvalue weighted by Gasteiger charge is -2.09. The van der Waals surface area contributed by atoms with Gasteiger partial charge in [0, 0.05) is 17.8 Å². The molecule has 0 aliphatic heterocycles. The standard InChI is InChI=1S/C13H11FN2O3/c1-9-3-2-4-13(17)15(9)8-10-5-6-12(16(18)19)11(14)7-10/h2-7H,8H2,1H3. The third-order valence-corrected chi connectivity index (χ3v) is 2.82. The third kappa shape index (κ3) is 2.67. The van der Waals surface area contributed by atoms with E-state index in [0.29, 0.717) is 5.56 Å². The molecule has 0 bridgehead atoms. The molecule has 19 heavy (non-hydrogen) atoms. The highest BCUT2D eigenvalue weighted by molar-refractivity contribution is 5.35. The van der Waals surface area contributed by atoms with E-state index in [2.05, 4.69) is 0 Å². The fraction of sp³-hybridized carbons (Fsp3) is 0.154. The number of rotatable bonds is 3. The number of nitro benzene ring substituents is 1. The molecule has 0 aliphatic carbocycles. The van der Waals surface area contributed by atoms with Crippen LogP contribution >= 0.6 is 0 Å². The molecule has 0 spiro atoms. The molecule has 2 rings (SSSR count). The van der Waals surface area contributed by atoms with Gasteiger partial charge < -0.3 is 4.57 Å². The summed E-state index contributed by atoms with van der Waals surface area (Å²) in [7, 11) is 0. The van der Waals surface area contributed by atoms with Gasteiger partial charge in [0.25, 0.3) is 5.56 Å². The predicted molar refractivity (Wildman–Crippen MR) is 67.6 cm³/mol. The van der Waals surface area contributed by atoms with Crippen LogP contribution in [0.4, 0.5) is 10.1 Å². The second-order valence-corrected chi connectivity index (χ2v) is 4.13. The van der Waals surface area contributed by atoms with Crippen LogP contribution in [0.15, 0.2) is 41.2 Å². The summed E-state index contributed by atoms with van der Waals surface area (Å²) in [6, 6.07) is 8.45. The number of hydrogen-bond acceptors (Lipinski definition) is 3. The SMILES string of the molecule is Cc1cccc(=O)n1Cc1ccc([N+](=O)[O-])c(F)c1. The van der Waals surface area contributed by atoms with Crippen molar-refractivity contribution in [2.45, 2.75) is 13.5 Å². The number of pyridine rings is 1. The number of nitro groups is 1. The maximum atomic E-state index is 13.5. The van der Waals surface area contributed by atoms with Crippen molar-refractivity contribution in [3.63, 3.8) is 0 Å². The van der Waals surface area contributed by atoms with Crippen molar-refractivity contribution >= 4 is 5.69 Å². The molecule has 0 radical (unpaired) electrons. The molecule has 0 fully saturated rings. The van der Waals surface area contributed by atoms with Crippen LogP contribution in [0, 0.1) is 22.9 Å². The summed E-state index contributed by atoms with van der Waals surface area (Å²) in [5.74, 6) is -0.899. The van der Waals surface area contributed by atoms with Crippen molar-refractivity contribution in [2.24, 2.45) is 0 Å². The smallest absolute Gasteiger partial charge is 0.304 e. The summed E-state index contributed by atoms with van der Waals surface area (Å²) in [6.07, 6.45) is 0. The van der Waals surface area contributed by atoms with Crippen LogP contribution in [0.5, 0.6) is 0 Å². The topological polar surface area (TPSA) is 65.1 Å². The minimum absolute atomic E-state index is 0.181. The first-order valence-electron chi connectivity index (χ1n) is 5.58. The molecular weight excluding hydrogens is 251 g/mol. The van der Waals surface area contributed by atoms with Crippen molar-refractivity contribution in [3.05, 3.63) is 73.9 Å². The highest BCUT2D eigenvalue weighted by Crippen LogP contribution is 2.18. The quantitative estimate of drug-likeness (QED) is 0.629. The Labute approximate surface area is 108 Å². The molecule has 2 aromatic rings. The molecule has 0 atom stereocenters. The van der Waals surface area contributed by atoms with Gasteiger partial charge in [-0.1, -0.05) is 12.1 Å². The summed E-state index contributed by atoms with van der Waals surface area (Å²) >= 11 is 0.